The van der Waals surface area contributed by atoms with Crippen LogP contribution in [0.15, 0.2) is 29.4 Å². The normalized spacial score (nSPS) is 21.6. The second kappa shape index (κ2) is 9.25. The number of hydrogen-bond donors (Lipinski definition) is 0. The number of aromatic nitrogens is 4. The predicted octanol–water partition coefficient (Wildman–Crippen LogP) is 1.21. The molecule has 1 aromatic heterocycles. The van der Waals surface area contributed by atoms with Gasteiger partial charge in [-0.15, -0.1) is 5.10 Å². The molecule has 0 spiro atoms. The van der Waals surface area contributed by atoms with E-state index in [0.717, 1.165) is 18.8 Å². The summed E-state index contributed by atoms with van der Waals surface area (Å²) < 4.78 is 25.1. The number of amides is 1. The van der Waals surface area contributed by atoms with Gasteiger partial charge in [0.15, 0.2) is 9.84 Å². The molecule has 2 aromatic rings. The van der Waals surface area contributed by atoms with Crippen molar-refractivity contribution in [3.05, 3.63) is 29.8 Å². The first-order valence-corrected chi connectivity index (χ1v) is 13.4. The molecule has 168 valence electrons. The van der Waals surface area contributed by atoms with Crippen molar-refractivity contribution in [3.8, 4) is 5.69 Å². The molecule has 4 rings (SSSR count). The molecule has 1 atom stereocenters. The second-order valence-electron chi connectivity index (χ2n) is 8.38. The molecule has 0 aliphatic carbocycles. The van der Waals surface area contributed by atoms with Gasteiger partial charge < -0.3 is 4.90 Å². The van der Waals surface area contributed by atoms with Gasteiger partial charge in [0, 0.05) is 32.2 Å². The van der Waals surface area contributed by atoms with Gasteiger partial charge in [-0.25, -0.2) is 8.42 Å². The zero-order valence-electron chi connectivity index (χ0n) is 17.8. The molecule has 9 nitrogen and oxygen atoms in total. The lowest BCUT2D eigenvalue weighted by Crippen LogP contribution is -2.52. The fourth-order valence-electron chi connectivity index (χ4n) is 4.05. The Morgan fingerprint density at radius 2 is 1.87 bits per heavy atom. The van der Waals surface area contributed by atoms with Crippen LogP contribution < -0.4 is 0 Å². The number of benzene rings is 1. The Morgan fingerprint density at radius 3 is 2.48 bits per heavy atom. The first-order chi connectivity index (χ1) is 14.8. The largest absolute Gasteiger partial charge is 0.339 e. The van der Waals surface area contributed by atoms with Gasteiger partial charge >= 0.3 is 0 Å². The Bertz CT molecular complexity index is 1010. The van der Waals surface area contributed by atoms with Gasteiger partial charge in [-0.3, -0.25) is 9.69 Å². The Hall–Kier alpha value is -1.98. The fraction of sp³-hybridized carbons (Fsp3) is 0.600. The number of hydrogen-bond acceptors (Lipinski definition) is 8. The van der Waals surface area contributed by atoms with Crippen molar-refractivity contribution >= 4 is 27.5 Å². The van der Waals surface area contributed by atoms with Crippen LogP contribution in [0.2, 0.25) is 0 Å². The second-order valence-corrected chi connectivity index (χ2v) is 11.6. The standard InChI is InChI=1S/C20H28N6O3S2/c1-15(2)16-3-5-17(6-4-16)26-20(21-22-23-26)30-13-19(27)25-10-8-24(9-11-25)18-7-12-31(28,29)14-18/h3-6,15,18H,7-14H2,1-2H3. The highest BCUT2D eigenvalue weighted by Gasteiger charge is 2.34. The third-order valence-corrected chi connectivity index (χ3v) is 8.62. The van der Waals surface area contributed by atoms with E-state index in [1.165, 1.54) is 17.3 Å². The van der Waals surface area contributed by atoms with Crippen molar-refractivity contribution in [1.82, 2.24) is 30.0 Å². The van der Waals surface area contributed by atoms with Crippen LogP contribution in [-0.2, 0) is 14.6 Å². The minimum atomic E-state index is -2.89. The third-order valence-electron chi connectivity index (χ3n) is 5.96. The number of piperazine rings is 1. The number of carbonyl (C=O) groups excluding carboxylic acids is 1. The summed E-state index contributed by atoms with van der Waals surface area (Å²) >= 11 is 1.33. The van der Waals surface area contributed by atoms with E-state index in [4.69, 9.17) is 0 Å². The number of rotatable bonds is 6. The monoisotopic (exact) mass is 464 g/mol. The van der Waals surface area contributed by atoms with Crippen molar-refractivity contribution < 1.29 is 13.2 Å². The smallest absolute Gasteiger partial charge is 0.233 e. The molecule has 2 fully saturated rings. The Kier molecular flexibility index (Phi) is 6.63. The summed E-state index contributed by atoms with van der Waals surface area (Å²) in [6.07, 6.45) is 0.701. The first kappa shape index (κ1) is 22.2. The van der Waals surface area contributed by atoms with Crippen LogP contribution in [0.1, 0.15) is 31.7 Å². The van der Waals surface area contributed by atoms with E-state index in [1.54, 1.807) is 4.68 Å². The van der Waals surface area contributed by atoms with Gasteiger partial charge in [0.05, 0.1) is 22.9 Å². The van der Waals surface area contributed by atoms with Crippen LogP contribution >= 0.6 is 11.8 Å². The molecule has 0 bridgehead atoms. The highest BCUT2D eigenvalue weighted by molar-refractivity contribution is 7.99. The molecular formula is C20H28N6O3S2. The molecule has 1 unspecified atom stereocenters. The number of tetrazole rings is 1. The predicted molar refractivity (Wildman–Crippen MR) is 119 cm³/mol. The van der Waals surface area contributed by atoms with Crippen molar-refractivity contribution in [2.75, 3.05) is 43.4 Å². The van der Waals surface area contributed by atoms with Crippen molar-refractivity contribution in [2.24, 2.45) is 0 Å². The van der Waals surface area contributed by atoms with E-state index in [0.29, 0.717) is 30.6 Å². The van der Waals surface area contributed by atoms with Gasteiger partial charge in [0.25, 0.3) is 0 Å². The van der Waals surface area contributed by atoms with Gasteiger partial charge in [0.2, 0.25) is 11.1 Å². The van der Waals surface area contributed by atoms with Crippen molar-refractivity contribution in [1.29, 1.82) is 0 Å². The van der Waals surface area contributed by atoms with Crippen molar-refractivity contribution in [3.63, 3.8) is 0 Å². The molecule has 2 aliphatic heterocycles. The number of thioether (sulfide) groups is 1. The van der Waals surface area contributed by atoms with E-state index in [1.807, 2.05) is 17.0 Å². The van der Waals surface area contributed by atoms with E-state index in [-0.39, 0.29) is 29.2 Å². The lowest BCUT2D eigenvalue weighted by atomic mass is 10.0. The van der Waals surface area contributed by atoms with Gasteiger partial charge in [-0.1, -0.05) is 37.7 Å². The van der Waals surface area contributed by atoms with E-state index < -0.39 is 9.84 Å². The SMILES string of the molecule is CC(C)c1ccc(-n2nnnc2SCC(=O)N2CCN(C3CCS(=O)(=O)C3)CC2)cc1. The maximum Gasteiger partial charge on any atom is 0.233 e. The molecule has 1 aromatic carbocycles. The molecule has 0 saturated carbocycles. The summed E-state index contributed by atoms with van der Waals surface area (Å²) in [5.74, 6) is 1.30. The number of carbonyl (C=O) groups is 1. The molecule has 2 saturated heterocycles. The summed E-state index contributed by atoms with van der Waals surface area (Å²) in [4.78, 5) is 16.8. The quantitative estimate of drug-likeness (QED) is 0.588. The lowest BCUT2D eigenvalue weighted by molar-refractivity contribution is -0.130. The molecule has 31 heavy (non-hydrogen) atoms. The maximum atomic E-state index is 12.7. The van der Waals surface area contributed by atoms with Crippen LogP contribution in [0.4, 0.5) is 0 Å². The summed E-state index contributed by atoms with van der Waals surface area (Å²) in [5.41, 5.74) is 2.11. The Morgan fingerprint density at radius 1 is 1.16 bits per heavy atom. The van der Waals surface area contributed by atoms with Gasteiger partial charge in [-0.05, 0) is 40.5 Å². The third kappa shape index (κ3) is 5.27. The fourth-order valence-corrected chi connectivity index (χ4v) is 6.60. The lowest BCUT2D eigenvalue weighted by Gasteiger charge is -2.37. The van der Waals surface area contributed by atoms with E-state index in [9.17, 15) is 13.2 Å². The Labute approximate surface area is 187 Å². The van der Waals surface area contributed by atoms with Crippen LogP contribution in [0.5, 0.6) is 0 Å². The van der Waals surface area contributed by atoms with Crippen LogP contribution in [0.3, 0.4) is 0 Å². The highest BCUT2D eigenvalue weighted by atomic mass is 32.2. The molecule has 0 radical (unpaired) electrons. The molecule has 1 amide bonds. The number of sulfone groups is 1. The summed E-state index contributed by atoms with van der Waals surface area (Å²) in [6, 6.07) is 8.20. The van der Waals surface area contributed by atoms with Crippen LogP contribution in [-0.4, -0.2) is 93.8 Å². The molecular weight excluding hydrogens is 436 g/mol. The van der Waals surface area contributed by atoms with E-state index >= 15 is 0 Å². The number of nitrogens with zero attached hydrogens (tertiary/aromatic N) is 6. The minimum absolute atomic E-state index is 0.0494. The van der Waals surface area contributed by atoms with Crippen LogP contribution in [0, 0.1) is 0 Å². The van der Waals surface area contributed by atoms with Gasteiger partial charge in [0.1, 0.15) is 0 Å². The molecule has 11 heteroatoms. The maximum absolute atomic E-state index is 12.7. The molecule has 3 heterocycles. The van der Waals surface area contributed by atoms with Crippen LogP contribution in [0.25, 0.3) is 5.69 Å². The minimum Gasteiger partial charge on any atom is -0.339 e. The van der Waals surface area contributed by atoms with Crippen molar-refractivity contribution in [2.45, 2.75) is 37.4 Å². The average molecular weight is 465 g/mol. The van der Waals surface area contributed by atoms with Gasteiger partial charge in [-0.2, -0.15) is 4.68 Å². The van der Waals surface area contributed by atoms with E-state index in [2.05, 4.69) is 46.4 Å². The molecule has 2 aliphatic rings. The summed E-state index contributed by atoms with van der Waals surface area (Å²) in [7, 11) is -2.89. The summed E-state index contributed by atoms with van der Waals surface area (Å²) in [6.45, 7) is 6.98. The highest BCUT2D eigenvalue weighted by Crippen LogP contribution is 2.22. The first-order valence-electron chi connectivity index (χ1n) is 10.6. The zero-order chi connectivity index (χ0) is 22.0. The zero-order valence-corrected chi connectivity index (χ0v) is 19.5. The topological polar surface area (TPSA) is 101 Å². The Balaban J connectivity index is 1.30. The average Bonchev–Trinajstić information content (AvgIpc) is 3.38. The summed E-state index contributed by atoms with van der Waals surface area (Å²) in [5, 5.41) is 12.5. The molecule has 0 N–H and O–H groups in total.